The first-order valence-electron chi connectivity index (χ1n) is 9.57. The highest BCUT2D eigenvalue weighted by Crippen LogP contribution is 2.32. The fourth-order valence-electron chi connectivity index (χ4n) is 3.00. The molecule has 5 nitrogen and oxygen atoms in total. The molecule has 1 N–H and O–H groups in total. The molecule has 0 spiro atoms. The van der Waals surface area contributed by atoms with E-state index in [-0.39, 0.29) is 0 Å². The predicted molar refractivity (Wildman–Crippen MR) is 117 cm³/mol. The molecular formula is C25H26O5. The van der Waals surface area contributed by atoms with Crippen molar-refractivity contribution in [3.05, 3.63) is 89.5 Å². The lowest BCUT2D eigenvalue weighted by Gasteiger charge is -2.16. The summed E-state index contributed by atoms with van der Waals surface area (Å²) in [6.07, 6.45) is 2.64. The van der Waals surface area contributed by atoms with E-state index in [0.29, 0.717) is 35.2 Å². The number of rotatable bonds is 9. The maximum Gasteiger partial charge on any atom is 0.129 e. The van der Waals surface area contributed by atoms with Gasteiger partial charge in [0.2, 0.25) is 0 Å². The summed E-state index contributed by atoms with van der Waals surface area (Å²) in [6.45, 7) is 0.393. The average Bonchev–Trinajstić information content (AvgIpc) is 2.81. The number of methoxy groups -OCH3 is 3. The van der Waals surface area contributed by atoms with Gasteiger partial charge in [0.25, 0.3) is 0 Å². The SMILES string of the molecule is COc1ccc(C=CC(O)c2ccc(OC)cc2OCc2ccccc2)c(OC)c1. The van der Waals surface area contributed by atoms with Crippen LogP contribution in [0, 0.1) is 0 Å². The minimum absolute atomic E-state index is 0.393. The molecule has 0 heterocycles. The zero-order valence-corrected chi connectivity index (χ0v) is 17.4. The van der Waals surface area contributed by atoms with Crippen LogP contribution in [0.15, 0.2) is 72.8 Å². The van der Waals surface area contributed by atoms with E-state index in [4.69, 9.17) is 18.9 Å². The Labute approximate surface area is 177 Å². The Morgan fingerprint density at radius 1 is 0.800 bits per heavy atom. The minimum Gasteiger partial charge on any atom is -0.497 e. The molecule has 156 valence electrons. The van der Waals surface area contributed by atoms with E-state index >= 15 is 0 Å². The summed E-state index contributed by atoms with van der Waals surface area (Å²) in [4.78, 5) is 0. The zero-order chi connectivity index (χ0) is 21.3. The lowest BCUT2D eigenvalue weighted by molar-refractivity contribution is 0.217. The largest absolute Gasteiger partial charge is 0.497 e. The highest BCUT2D eigenvalue weighted by Gasteiger charge is 2.13. The van der Waals surface area contributed by atoms with Gasteiger partial charge in [0.15, 0.2) is 0 Å². The molecule has 3 aromatic rings. The Hall–Kier alpha value is -3.44. The summed E-state index contributed by atoms with van der Waals surface area (Å²) in [5.74, 6) is 2.59. The van der Waals surface area contributed by atoms with Gasteiger partial charge in [-0.25, -0.2) is 0 Å². The van der Waals surface area contributed by atoms with Crippen molar-refractivity contribution in [2.75, 3.05) is 21.3 Å². The van der Waals surface area contributed by atoms with Gasteiger partial charge in [-0.2, -0.15) is 0 Å². The number of benzene rings is 3. The summed E-state index contributed by atoms with van der Waals surface area (Å²) in [7, 11) is 4.80. The van der Waals surface area contributed by atoms with Gasteiger partial charge in [-0.1, -0.05) is 42.5 Å². The first-order valence-corrected chi connectivity index (χ1v) is 9.57. The van der Waals surface area contributed by atoms with E-state index in [9.17, 15) is 5.11 Å². The van der Waals surface area contributed by atoms with Crippen LogP contribution in [0.5, 0.6) is 23.0 Å². The van der Waals surface area contributed by atoms with Crippen LogP contribution in [0.25, 0.3) is 6.08 Å². The second-order valence-corrected chi connectivity index (χ2v) is 6.59. The van der Waals surface area contributed by atoms with E-state index in [1.807, 2.05) is 48.5 Å². The van der Waals surface area contributed by atoms with Gasteiger partial charge in [-0.15, -0.1) is 0 Å². The van der Waals surface area contributed by atoms with Crippen LogP contribution in [0.1, 0.15) is 22.8 Å². The van der Waals surface area contributed by atoms with Gasteiger partial charge in [0, 0.05) is 23.3 Å². The summed E-state index contributed by atoms with van der Waals surface area (Å²) in [5.41, 5.74) is 2.52. The standard InChI is InChI=1S/C25H26O5/c1-27-20-11-9-19(24(15-20)29-3)10-14-23(26)22-13-12-21(28-2)16-25(22)30-17-18-7-5-4-6-8-18/h4-16,23,26H,17H2,1-3H3. The third-order valence-electron chi connectivity index (χ3n) is 4.68. The van der Waals surface area contributed by atoms with Crippen LogP contribution in [0.4, 0.5) is 0 Å². The van der Waals surface area contributed by atoms with E-state index in [0.717, 1.165) is 11.1 Å². The van der Waals surface area contributed by atoms with Gasteiger partial charge in [0.05, 0.1) is 21.3 Å². The Morgan fingerprint density at radius 3 is 2.13 bits per heavy atom. The molecule has 0 aliphatic heterocycles. The Balaban J connectivity index is 1.82. The molecule has 0 aliphatic rings. The lowest BCUT2D eigenvalue weighted by atomic mass is 10.1. The highest BCUT2D eigenvalue weighted by molar-refractivity contribution is 5.60. The van der Waals surface area contributed by atoms with Crippen LogP contribution in [0.3, 0.4) is 0 Å². The molecule has 3 rings (SSSR count). The molecule has 1 unspecified atom stereocenters. The van der Waals surface area contributed by atoms with Crippen LogP contribution >= 0.6 is 0 Å². The van der Waals surface area contributed by atoms with Gasteiger partial charge in [0.1, 0.15) is 35.7 Å². The van der Waals surface area contributed by atoms with Crippen molar-refractivity contribution < 1.29 is 24.1 Å². The maximum absolute atomic E-state index is 10.8. The van der Waals surface area contributed by atoms with Crippen LogP contribution < -0.4 is 18.9 Å². The fourth-order valence-corrected chi connectivity index (χ4v) is 3.00. The number of aliphatic hydroxyl groups is 1. The molecule has 0 fully saturated rings. The lowest BCUT2D eigenvalue weighted by Crippen LogP contribution is -2.02. The molecule has 5 heteroatoms. The third-order valence-corrected chi connectivity index (χ3v) is 4.68. The molecule has 0 saturated heterocycles. The van der Waals surface area contributed by atoms with Crippen molar-refractivity contribution in [3.63, 3.8) is 0 Å². The smallest absolute Gasteiger partial charge is 0.129 e. The van der Waals surface area contributed by atoms with Crippen molar-refractivity contribution in [3.8, 4) is 23.0 Å². The molecule has 0 aliphatic carbocycles. The first-order chi connectivity index (χ1) is 14.6. The summed E-state index contributed by atoms with van der Waals surface area (Å²) < 4.78 is 22.0. The summed E-state index contributed by atoms with van der Waals surface area (Å²) in [5, 5.41) is 10.8. The van der Waals surface area contributed by atoms with Crippen molar-refractivity contribution in [1.82, 2.24) is 0 Å². The molecule has 0 saturated carbocycles. The Kier molecular flexibility index (Phi) is 7.35. The number of hydrogen-bond donors (Lipinski definition) is 1. The summed E-state index contributed by atoms with van der Waals surface area (Å²) in [6, 6.07) is 20.8. The number of ether oxygens (including phenoxy) is 4. The van der Waals surface area contributed by atoms with Crippen molar-refractivity contribution in [2.24, 2.45) is 0 Å². The molecule has 3 aromatic carbocycles. The predicted octanol–water partition coefficient (Wildman–Crippen LogP) is 5.04. The maximum atomic E-state index is 10.8. The van der Waals surface area contributed by atoms with E-state index in [1.165, 1.54) is 0 Å². The number of hydrogen-bond acceptors (Lipinski definition) is 5. The average molecular weight is 406 g/mol. The highest BCUT2D eigenvalue weighted by atomic mass is 16.5. The normalized spacial score (nSPS) is 11.9. The van der Waals surface area contributed by atoms with Gasteiger partial charge >= 0.3 is 0 Å². The van der Waals surface area contributed by atoms with Crippen molar-refractivity contribution >= 4 is 6.08 Å². The zero-order valence-electron chi connectivity index (χ0n) is 17.4. The van der Waals surface area contributed by atoms with E-state index < -0.39 is 6.10 Å². The Morgan fingerprint density at radius 2 is 1.47 bits per heavy atom. The Bertz CT molecular complexity index is 982. The topological polar surface area (TPSA) is 57.2 Å². The molecule has 0 radical (unpaired) electrons. The molecule has 0 aromatic heterocycles. The quantitative estimate of drug-likeness (QED) is 0.540. The minimum atomic E-state index is -0.867. The second kappa shape index (κ2) is 10.4. The monoisotopic (exact) mass is 406 g/mol. The van der Waals surface area contributed by atoms with Gasteiger partial charge in [-0.3, -0.25) is 0 Å². The van der Waals surface area contributed by atoms with E-state index in [1.54, 1.807) is 51.7 Å². The third kappa shape index (κ3) is 5.33. The van der Waals surface area contributed by atoms with E-state index in [2.05, 4.69) is 0 Å². The van der Waals surface area contributed by atoms with Crippen molar-refractivity contribution in [2.45, 2.75) is 12.7 Å². The van der Waals surface area contributed by atoms with Gasteiger partial charge < -0.3 is 24.1 Å². The summed E-state index contributed by atoms with van der Waals surface area (Å²) >= 11 is 0. The van der Waals surface area contributed by atoms with Crippen molar-refractivity contribution in [1.29, 1.82) is 0 Å². The van der Waals surface area contributed by atoms with Crippen LogP contribution in [-0.2, 0) is 6.61 Å². The molecule has 30 heavy (non-hydrogen) atoms. The van der Waals surface area contributed by atoms with Crippen LogP contribution in [0.2, 0.25) is 0 Å². The number of aliphatic hydroxyl groups excluding tert-OH is 1. The molecule has 1 atom stereocenters. The van der Waals surface area contributed by atoms with Gasteiger partial charge in [-0.05, 0) is 29.8 Å². The first kappa shape index (κ1) is 21.3. The molecule has 0 bridgehead atoms. The molecular weight excluding hydrogens is 380 g/mol. The molecule has 0 amide bonds. The van der Waals surface area contributed by atoms with Crippen LogP contribution in [-0.4, -0.2) is 26.4 Å². The second-order valence-electron chi connectivity index (χ2n) is 6.59. The fraction of sp³-hybridized carbons (Fsp3) is 0.200.